The van der Waals surface area contributed by atoms with Gasteiger partial charge in [0, 0.05) is 6.42 Å². The van der Waals surface area contributed by atoms with Crippen molar-refractivity contribution >= 4 is 0 Å². The van der Waals surface area contributed by atoms with Gasteiger partial charge < -0.3 is 0 Å². The van der Waals surface area contributed by atoms with E-state index in [1.807, 2.05) is 0 Å². The van der Waals surface area contributed by atoms with Crippen molar-refractivity contribution in [3.63, 3.8) is 0 Å². The molecular formula is C5H12N4. The van der Waals surface area contributed by atoms with Gasteiger partial charge in [0.15, 0.2) is 5.82 Å². The smallest absolute Gasteiger partial charge is 0.174 e. The van der Waals surface area contributed by atoms with E-state index in [2.05, 4.69) is 27.5 Å². The lowest BCUT2D eigenvalue weighted by molar-refractivity contribution is 0.839. The van der Waals surface area contributed by atoms with E-state index in [1.165, 1.54) is 0 Å². The first-order valence-electron chi connectivity index (χ1n) is 2.66. The number of aryl methyl sites for hydroxylation is 1. The molecular weight excluding hydrogens is 116 g/mol. The lowest BCUT2D eigenvalue weighted by Crippen LogP contribution is -1.84. The summed E-state index contributed by atoms with van der Waals surface area (Å²) in [5.41, 5.74) is 0. The Morgan fingerprint density at radius 3 is 2.78 bits per heavy atom. The molecule has 0 spiro atoms. The Bertz CT molecular complexity index is 135. The normalized spacial score (nSPS) is 8.56. The summed E-state index contributed by atoms with van der Waals surface area (Å²) in [4.78, 5) is 0. The summed E-state index contributed by atoms with van der Waals surface area (Å²) in [5.74, 6) is 0.799. The van der Waals surface area contributed by atoms with E-state index in [-0.39, 0.29) is 7.43 Å². The number of hydrogen-bond acceptors (Lipinski definition) is 3. The Hall–Kier alpha value is -0.930. The molecule has 1 aromatic rings. The first-order chi connectivity index (χ1) is 3.93. The zero-order chi connectivity index (χ0) is 5.82. The van der Waals surface area contributed by atoms with Gasteiger partial charge in [0.1, 0.15) is 0 Å². The number of rotatable bonds is 2. The molecule has 0 atom stereocenters. The molecule has 0 aliphatic rings. The molecule has 52 valence electrons. The monoisotopic (exact) mass is 128 g/mol. The number of hydrogen-bond donors (Lipinski definition) is 1. The molecule has 0 unspecified atom stereocenters. The van der Waals surface area contributed by atoms with E-state index in [0.29, 0.717) is 0 Å². The van der Waals surface area contributed by atoms with Gasteiger partial charge in [-0.15, -0.1) is 10.2 Å². The molecule has 4 nitrogen and oxygen atoms in total. The van der Waals surface area contributed by atoms with Gasteiger partial charge in [-0.3, -0.25) is 0 Å². The summed E-state index contributed by atoms with van der Waals surface area (Å²) in [6, 6.07) is 0. The van der Waals surface area contributed by atoms with Gasteiger partial charge in [0.2, 0.25) is 0 Å². The van der Waals surface area contributed by atoms with Gasteiger partial charge in [0.05, 0.1) is 0 Å². The van der Waals surface area contributed by atoms with Crippen molar-refractivity contribution in [2.24, 2.45) is 0 Å². The van der Waals surface area contributed by atoms with Crippen molar-refractivity contribution in [1.82, 2.24) is 20.6 Å². The van der Waals surface area contributed by atoms with E-state index < -0.39 is 0 Å². The van der Waals surface area contributed by atoms with Crippen molar-refractivity contribution in [3.05, 3.63) is 5.82 Å². The number of nitrogens with one attached hydrogen (secondary N) is 1. The number of aromatic nitrogens is 4. The van der Waals surface area contributed by atoms with E-state index in [4.69, 9.17) is 0 Å². The highest BCUT2D eigenvalue weighted by Gasteiger charge is 1.91. The van der Waals surface area contributed by atoms with Crippen molar-refractivity contribution in [1.29, 1.82) is 0 Å². The predicted octanol–water partition coefficient (Wildman–Crippen LogP) is 0.788. The summed E-state index contributed by atoms with van der Waals surface area (Å²) < 4.78 is 0. The third kappa shape index (κ3) is 2.21. The molecule has 0 saturated heterocycles. The molecule has 4 heteroatoms. The van der Waals surface area contributed by atoms with Crippen LogP contribution in [0, 0.1) is 0 Å². The second kappa shape index (κ2) is 4.00. The standard InChI is InChI=1S/C4H8N4.CH4/c1-2-3-4-5-7-8-6-4;/h2-3H2,1H3,(H,5,6,7,8);1H4. The molecule has 1 rings (SSSR count). The van der Waals surface area contributed by atoms with Crippen LogP contribution in [0.1, 0.15) is 26.6 Å². The van der Waals surface area contributed by atoms with Crippen LogP contribution in [-0.2, 0) is 6.42 Å². The van der Waals surface area contributed by atoms with Gasteiger partial charge in [-0.1, -0.05) is 19.6 Å². The summed E-state index contributed by atoms with van der Waals surface area (Å²) in [6.07, 6.45) is 1.98. The lowest BCUT2D eigenvalue weighted by atomic mass is 10.3. The summed E-state index contributed by atoms with van der Waals surface area (Å²) >= 11 is 0. The number of tetrazole rings is 1. The third-order valence-electron chi connectivity index (χ3n) is 0.863. The molecule has 0 amide bonds. The largest absolute Gasteiger partial charge is 0.177 e. The Labute approximate surface area is 54.7 Å². The molecule has 0 aromatic carbocycles. The highest BCUT2D eigenvalue weighted by Crippen LogP contribution is 1.87. The van der Waals surface area contributed by atoms with Crippen molar-refractivity contribution < 1.29 is 0 Å². The van der Waals surface area contributed by atoms with Crippen LogP contribution in [0.5, 0.6) is 0 Å². The second-order valence-corrected chi connectivity index (χ2v) is 1.58. The fraction of sp³-hybridized carbons (Fsp3) is 0.800. The van der Waals surface area contributed by atoms with E-state index in [1.54, 1.807) is 0 Å². The van der Waals surface area contributed by atoms with Crippen LogP contribution in [0.3, 0.4) is 0 Å². The van der Waals surface area contributed by atoms with Gasteiger partial charge in [-0.05, 0) is 6.42 Å². The van der Waals surface area contributed by atoms with Crippen LogP contribution < -0.4 is 0 Å². The van der Waals surface area contributed by atoms with E-state index >= 15 is 0 Å². The van der Waals surface area contributed by atoms with Crippen LogP contribution in [0.4, 0.5) is 0 Å². The number of aromatic amines is 1. The first-order valence-corrected chi connectivity index (χ1v) is 2.66. The van der Waals surface area contributed by atoms with Gasteiger partial charge in [-0.25, -0.2) is 0 Å². The quantitative estimate of drug-likeness (QED) is 0.640. The molecule has 9 heavy (non-hydrogen) atoms. The summed E-state index contributed by atoms with van der Waals surface area (Å²) in [5, 5.41) is 13.3. The van der Waals surface area contributed by atoms with Crippen LogP contribution in [0.2, 0.25) is 0 Å². The Morgan fingerprint density at radius 2 is 2.33 bits per heavy atom. The summed E-state index contributed by atoms with van der Waals surface area (Å²) in [7, 11) is 0. The Morgan fingerprint density at radius 1 is 1.56 bits per heavy atom. The van der Waals surface area contributed by atoms with Crippen LogP contribution in [-0.4, -0.2) is 20.6 Å². The Kier molecular flexibility index (Phi) is 3.59. The minimum atomic E-state index is 0. The minimum absolute atomic E-state index is 0. The van der Waals surface area contributed by atoms with Crippen molar-refractivity contribution in [2.45, 2.75) is 27.2 Å². The number of nitrogens with zero attached hydrogens (tertiary/aromatic N) is 3. The maximum absolute atomic E-state index is 3.76. The zero-order valence-electron chi connectivity index (χ0n) is 4.76. The molecule has 1 N–H and O–H groups in total. The molecule has 0 aliphatic heterocycles. The molecule has 0 aliphatic carbocycles. The molecule has 0 radical (unpaired) electrons. The van der Waals surface area contributed by atoms with Gasteiger partial charge >= 0.3 is 0 Å². The van der Waals surface area contributed by atoms with E-state index in [9.17, 15) is 0 Å². The first kappa shape index (κ1) is 8.07. The van der Waals surface area contributed by atoms with Crippen molar-refractivity contribution in [2.75, 3.05) is 0 Å². The predicted molar refractivity (Wildman–Crippen MR) is 34.9 cm³/mol. The molecule has 0 fully saturated rings. The average Bonchev–Trinajstić information content (AvgIpc) is 2.19. The maximum atomic E-state index is 3.76. The topological polar surface area (TPSA) is 54.5 Å². The molecule has 0 saturated carbocycles. The zero-order valence-corrected chi connectivity index (χ0v) is 4.76. The van der Waals surface area contributed by atoms with Gasteiger partial charge in [0.25, 0.3) is 0 Å². The fourth-order valence-electron chi connectivity index (χ4n) is 0.512. The third-order valence-corrected chi connectivity index (χ3v) is 0.863. The van der Waals surface area contributed by atoms with Crippen LogP contribution in [0.25, 0.3) is 0 Å². The lowest BCUT2D eigenvalue weighted by Gasteiger charge is -1.80. The summed E-state index contributed by atoms with van der Waals surface area (Å²) in [6.45, 7) is 2.08. The van der Waals surface area contributed by atoms with Crippen LogP contribution in [0.15, 0.2) is 0 Å². The number of H-pyrrole nitrogens is 1. The molecule has 0 bridgehead atoms. The highest BCUT2D eigenvalue weighted by molar-refractivity contribution is 4.73. The highest BCUT2D eigenvalue weighted by atomic mass is 15.5. The maximum Gasteiger partial charge on any atom is 0.174 e. The molecule has 1 aromatic heterocycles. The van der Waals surface area contributed by atoms with Crippen LogP contribution >= 0.6 is 0 Å². The Balaban J connectivity index is 0.000000640. The average molecular weight is 128 g/mol. The second-order valence-electron chi connectivity index (χ2n) is 1.58. The van der Waals surface area contributed by atoms with Crippen molar-refractivity contribution in [3.8, 4) is 0 Å². The van der Waals surface area contributed by atoms with E-state index in [0.717, 1.165) is 18.7 Å². The van der Waals surface area contributed by atoms with Gasteiger partial charge in [-0.2, -0.15) is 5.21 Å². The SMILES string of the molecule is C.CCCc1nn[nH]n1. The fourth-order valence-corrected chi connectivity index (χ4v) is 0.512. The minimum Gasteiger partial charge on any atom is -0.177 e. The molecule has 1 heterocycles.